The number of carboxylic acid groups (broad SMARTS) is 1. The van der Waals surface area contributed by atoms with Crippen molar-refractivity contribution in [3.8, 4) is 11.5 Å². The number of carbonyl (C=O) groups is 2. The quantitative estimate of drug-likeness (QED) is 0.358. The summed E-state index contributed by atoms with van der Waals surface area (Å²) in [5.74, 6) is 0.251. The predicted octanol–water partition coefficient (Wildman–Crippen LogP) is 6.70. The third-order valence-electron chi connectivity index (χ3n) is 6.12. The molecule has 0 fully saturated rings. The molecule has 0 heterocycles. The molecule has 2 rings (SSSR count). The van der Waals surface area contributed by atoms with Crippen LogP contribution in [0.15, 0.2) is 30.3 Å². The van der Waals surface area contributed by atoms with Crippen LogP contribution in [-0.4, -0.2) is 31.2 Å². The average molecular weight is 470 g/mol. The van der Waals surface area contributed by atoms with Crippen molar-refractivity contribution < 1.29 is 24.2 Å². The van der Waals surface area contributed by atoms with Gasteiger partial charge in [0.2, 0.25) is 5.91 Å². The maximum Gasteiger partial charge on any atom is 0.335 e. The van der Waals surface area contributed by atoms with Gasteiger partial charge in [-0.3, -0.25) is 4.79 Å². The number of aromatic carboxylic acids is 1. The van der Waals surface area contributed by atoms with Gasteiger partial charge >= 0.3 is 5.97 Å². The second-order valence-corrected chi connectivity index (χ2v) is 9.82. The van der Waals surface area contributed by atoms with Gasteiger partial charge in [-0.25, -0.2) is 4.79 Å². The number of aryl methyl sites for hydroxylation is 1. The molecular weight excluding hydrogens is 430 g/mol. The fourth-order valence-corrected chi connectivity index (χ4v) is 4.28. The number of ether oxygens (including phenoxy) is 2. The lowest BCUT2D eigenvalue weighted by Gasteiger charge is -2.25. The molecule has 0 saturated heterocycles. The van der Waals surface area contributed by atoms with Crippen LogP contribution in [0.5, 0.6) is 11.5 Å². The molecule has 186 valence electrons. The highest BCUT2D eigenvalue weighted by molar-refractivity contribution is 5.95. The Kier molecular flexibility index (Phi) is 9.54. The molecule has 0 aliphatic rings. The zero-order chi connectivity index (χ0) is 25.5. The number of rotatable bonds is 11. The summed E-state index contributed by atoms with van der Waals surface area (Å²) in [6.07, 6.45) is 4.31. The Bertz CT molecular complexity index is 1010. The zero-order valence-corrected chi connectivity index (χ0v) is 21.6. The summed E-state index contributed by atoms with van der Waals surface area (Å²) in [6, 6.07) is 8.84. The monoisotopic (exact) mass is 469 g/mol. The van der Waals surface area contributed by atoms with Crippen molar-refractivity contribution >= 4 is 17.6 Å². The number of methoxy groups -OCH3 is 2. The van der Waals surface area contributed by atoms with Crippen molar-refractivity contribution in [2.24, 2.45) is 0 Å². The first-order valence-corrected chi connectivity index (χ1v) is 11.9. The predicted molar refractivity (Wildman–Crippen MR) is 137 cm³/mol. The molecule has 0 aliphatic heterocycles. The molecule has 1 unspecified atom stereocenters. The summed E-state index contributed by atoms with van der Waals surface area (Å²) in [5, 5.41) is 12.5. The number of carboxylic acids is 1. The smallest absolute Gasteiger partial charge is 0.335 e. The van der Waals surface area contributed by atoms with E-state index in [-0.39, 0.29) is 29.2 Å². The lowest BCUT2D eigenvalue weighted by molar-refractivity contribution is -0.116. The highest BCUT2D eigenvalue weighted by Gasteiger charge is 2.24. The Hall–Kier alpha value is -3.02. The van der Waals surface area contributed by atoms with Crippen LogP contribution in [0.4, 0.5) is 5.69 Å². The van der Waals surface area contributed by atoms with E-state index in [1.807, 2.05) is 39.8 Å². The Morgan fingerprint density at radius 3 is 2.26 bits per heavy atom. The van der Waals surface area contributed by atoms with Gasteiger partial charge in [0, 0.05) is 18.2 Å². The van der Waals surface area contributed by atoms with E-state index in [1.165, 1.54) is 0 Å². The van der Waals surface area contributed by atoms with Gasteiger partial charge in [-0.2, -0.15) is 0 Å². The van der Waals surface area contributed by atoms with E-state index in [9.17, 15) is 14.7 Å². The Labute approximate surface area is 203 Å². The summed E-state index contributed by atoms with van der Waals surface area (Å²) >= 11 is 0. The van der Waals surface area contributed by atoms with Crippen molar-refractivity contribution in [3.63, 3.8) is 0 Å². The minimum atomic E-state index is -1.02. The summed E-state index contributed by atoms with van der Waals surface area (Å²) in [7, 11) is 3.26. The molecule has 0 radical (unpaired) electrons. The SMILES string of the molecule is CCCCCC(CC(=O)Nc1cc(C(=O)O)ccc1C(C)(C)C)c1cc(C)c(OC)cc1OC. The molecule has 0 aromatic heterocycles. The molecule has 2 N–H and O–H groups in total. The third-order valence-corrected chi connectivity index (χ3v) is 6.12. The maximum atomic E-state index is 13.3. The molecule has 2 aromatic carbocycles. The van der Waals surface area contributed by atoms with Crippen LogP contribution < -0.4 is 14.8 Å². The van der Waals surface area contributed by atoms with Gasteiger partial charge in [-0.05, 0) is 59.6 Å². The van der Waals surface area contributed by atoms with Crippen molar-refractivity contribution in [3.05, 3.63) is 52.6 Å². The Balaban J connectivity index is 2.39. The number of carbonyl (C=O) groups excluding carboxylic acids is 1. The van der Waals surface area contributed by atoms with Crippen LogP contribution in [0.1, 0.15) is 92.8 Å². The lowest BCUT2D eigenvalue weighted by atomic mass is 9.84. The molecule has 0 spiro atoms. The summed E-state index contributed by atoms with van der Waals surface area (Å²) < 4.78 is 11.1. The van der Waals surface area contributed by atoms with E-state index in [0.717, 1.165) is 48.1 Å². The average Bonchev–Trinajstić information content (AvgIpc) is 2.77. The first kappa shape index (κ1) is 27.2. The first-order chi connectivity index (χ1) is 16.0. The van der Waals surface area contributed by atoms with Crippen LogP contribution in [0, 0.1) is 6.92 Å². The Morgan fingerprint density at radius 1 is 1.03 bits per heavy atom. The highest BCUT2D eigenvalue weighted by atomic mass is 16.5. The van der Waals surface area contributed by atoms with Crippen LogP contribution in [0.3, 0.4) is 0 Å². The molecule has 0 bridgehead atoms. The zero-order valence-electron chi connectivity index (χ0n) is 21.6. The highest BCUT2D eigenvalue weighted by Crippen LogP contribution is 2.38. The number of anilines is 1. The lowest BCUT2D eigenvalue weighted by Crippen LogP contribution is -2.21. The number of hydrogen-bond acceptors (Lipinski definition) is 4. The van der Waals surface area contributed by atoms with Crippen molar-refractivity contribution in [1.29, 1.82) is 0 Å². The minimum Gasteiger partial charge on any atom is -0.496 e. The number of benzene rings is 2. The second-order valence-electron chi connectivity index (χ2n) is 9.82. The molecular formula is C28H39NO5. The van der Waals surface area contributed by atoms with Gasteiger partial charge in [-0.1, -0.05) is 53.0 Å². The van der Waals surface area contributed by atoms with Crippen LogP contribution >= 0.6 is 0 Å². The van der Waals surface area contributed by atoms with Crippen LogP contribution in [-0.2, 0) is 10.2 Å². The van der Waals surface area contributed by atoms with Crippen molar-refractivity contribution in [2.45, 2.75) is 78.1 Å². The fraction of sp³-hybridized carbons (Fsp3) is 0.500. The molecule has 0 saturated carbocycles. The molecule has 1 atom stereocenters. The van der Waals surface area contributed by atoms with Gasteiger partial charge in [-0.15, -0.1) is 0 Å². The van der Waals surface area contributed by atoms with Gasteiger partial charge in [0.05, 0.1) is 19.8 Å². The van der Waals surface area contributed by atoms with E-state index in [2.05, 4.69) is 12.2 Å². The second kappa shape index (κ2) is 11.9. The minimum absolute atomic E-state index is 0.0353. The van der Waals surface area contributed by atoms with E-state index >= 15 is 0 Å². The van der Waals surface area contributed by atoms with Crippen LogP contribution in [0.2, 0.25) is 0 Å². The van der Waals surface area contributed by atoms with E-state index < -0.39 is 5.97 Å². The number of amides is 1. The molecule has 34 heavy (non-hydrogen) atoms. The third kappa shape index (κ3) is 6.99. The number of nitrogens with one attached hydrogen (secondary N) is 1. The number of unbranched alkanes of at least 4 members (excludes halogenated alkanes) is 2. The molecule has 1 amide bonds. The van der Waals surface area contributed by atoms with E-state index in [1.54, 1.807) is 32.4 Å². The van der Waals surface area contributed by atoms with Crippen molar-refractivity contribution in [1.82, 2.24) is 0 Å². The standard InChI is InChI=1S/C28H39NO5/c1-8-9-10-11-19(21-14-18(2)24(33-6)17-25(21)34-7)16-26(30)29-23-15-20(27(31)32)12-13-22(23)28(3,4)5/h12-15,17,19H,8-11,16H2,1-7H3,(H,29,30)(H,31,32). The Morgan fingerprint density at radius 2 is 1.71 bits per heavy atom. The summed E-state index contributed by atoms with van der Waals surface area (Å²) in [4.78, 5) is 24.8. The fourth-order valence-electron chi connectivity index (χ4n) is 4.28. The maximum absolute atomic E-state index is 13.3. The van der Waals surface area contributed by atoms with Gasteiger partial charge in [0.15, 0.2) is 0 Å². The summed E-state index contributed by atoms with van der Waals surface area (Å²) in [6.45, 7) is 10.3. The topological polar surface area (TPSA) is 84.9 Å². The van der Waals surface area contributed by atoms with Crippen molar-refractivity contribution in [2.75, 3.05) is 19.5 Å². The first-order valence-electron chi connectivity index (χ1n) is 11.9. The molecule has 6 heteroatoms. The molecule has 2 aromatic rings. The van der Waals surface area contributed by atoms with Crippen LogP contribution in [0.25, 0.3) is 0 Å². The van der Waals surface area contributed by atoms with E-state index in [0.29, 0.717) is 11.4 Å². The largest absolute Gasteiger partial charge is 0.496 e. The molecule has 6 nitrogen and oxygen atoms in total. The normalized spacial score (nSPS) is 12.2. The number of hydrogen-bond donors (Lipinski definition) is 2. The summed E-state index contributed by atoms with van der Waals surface area (Å²) in [5.41, 5.74) is 3.31. The van der Waals surface area contributed by atoms with Gasteiger partial charge in [0.1, 0.15) is 11.5 Å². The van der Waals surface area contributed by atoms with Gasteiger partial charge in [0.25, 0.3) is 0 Å². The van der Waals surface area contributed by atoms with E-state index in [4.69, 9.17) is 9.47 Å². The van der Waals surface area contributed by atoms with Gasteiger partial charge < -0.3 is 19.9 Å². The molecule has 0 aliphatic carbocycles.